The van der Waals surface area contributed by atoms with E-state index in [1.807, 2.05) is 20.8 Å². The lowest BCUT2D eigenvalue weighted by molar-refractivity contribution is 0.0144. The van der Waals surface area contributed by atoms with E-state index in [4.69, 9.17) is 9.15 Å². The van der Waals surface area contributed by atoms with Crippen molar-refractivity contribution < 1.29 is 19.1 Å². The van der Waals surface area contributed by atoms with Crippen LogP contribution in [0.2, 0.25) is 0 Å². The van der Waals surface area contributed by atoms with Gasteiger partial charge < -0.3 is 24.5 Å². The second kappa shape index (κ2) is 8.03. The third-order valence-electron chi connectivity index (χ3n) is 4.32. The van der Waals surface area contributed by atoms with Crippen molar-refractivity contribution in [3.05, 3.63) is 24.2 Å². The van der Waals surface area contributed by atoms with Crippen LogP contribution in [0.15, 0.2) is 22.8 Å². The number of carbonyl (C=O) groups is 1. The van der Waals surface area contributed by atoms with E-state index in [2.05, 4.69) is 12.2 Å². The molecule has 1 aliphatic rings. The van der Waals surface area contributed by atoms with Gasteiger partial charge in [0.1, 0.15) is 17.5 Å². The second-order valence-corrected chi connectivity index (χ2v) is 7.56. The molecule has 1 aliphatic heterocycles. The van der Waals surface area contributed by atoms with Gasteiger partial charge in [-0.1, -0.05) is 0 Å². The number of rotatable bonds is 5. The van der Waals surface area contributed by atoms with Crippen LogP contribution in [0.1, 0.15) is 52.4 Å². The first-order valence-corrected chi connectivity index (χ1v) is 8.69. The minimum atomic E-state index is -0.659. The Morgan fingerprint density at radius 3 is 2.92 bits per heavy atom. The van der Waals surface area contributed by atoms with Crippen LogP contribution in [-0.2, 0) is 4.74 Å². The molecule has 0 bridgehead atoms. The van der Waals surface area contributed by atoms with Crippen LogP contribution < -0.4 is 5.32 Å². The number of nitrogens with zero attached hydrogens (tertiary/aromatic N) is 1. The lowest BCUT2D eigenvalue weighted by Crippen LogP contribution is -2.48. The number of aliphatic hydroxyl groups is 1. The van der Waals surface area contributed by atoms with Gasteiger partial charge in [-0.15, -0.1) is 0 Å². The molecule has 1 saturated heterocycles. The molecule has 6 heteroatoms. The molecule has 2 N–H and O–H groups in total. The highest BCUT2D eigenvalue weighted by molar-refractivity contribution is 5.68. The monoisotopic (exact) mass is 338 g/mol. The fourth-order valence-electron chi connectivity index (χ4n) is 2.96. The minimum Gasteiger partial charge on any atom is -0.467 e. The van der Waals surface area contributed by atoms with Crippen molar-refractivity contribution in [1.29, 1.82) is 0 Å². The number of ether oxygens (including phenoxy) is 1. The van der Waals surface area contributed by atoms with Crippen molar-refractivity contribution in [2.75, 3.05) is 19.6 Å². The van der Waals surface area contributed by atoms with Gasteiger partial charge >= 0.3 is 6.09 Å². The van der Waals surface area contributed by atoms with E-state index in [0.717, 1.165) is 19.4 Å². The zero-order valence-corrected chi connectivity index (χ0v) is 15.1. The largest absolute Gasteiger partial charge is 0.467 e. The zero-order chi connectivity index (χ0) is 17.7. The van der Waals surface area contributed by atoms with Gasteiger partial charge in [-0.05, 0) is 58.6 Å². The normalized spacial score (nSPS) is 21.4. The third kappa shape index (κ3) is 5.53. The Bertz CT molecular complexity index is 510. The van der Waals surface area contributed by atoms with Crippen LogP contribution in [0, 0.1) is 5.92 Å². The highest BCUT2D eigenvalue weighted by Crippen LogP contribution is 2.22. The number of piperidine rings is 1. The Morgan fingerprint density at radius 1 is 1.54 bits per heavy atom. The molecule has 2 rings (SSSR count). The quantitative estimate of drug-likeness (QED) is 0.863. The molecule has 6 nitrogen and oxygen atoms in total. The van der Waals surface area contributed by atoms with Gasteiger partial charge in [-0.25, -0.2) is 4.79 Å². The van der Waals surface area contributed by atoms with Crippen molar-refractivity contribution in [3.63, 3.8) is 0 Å². The Kier molecular flexibility index (Phi) is 6.29. The summed E-state index contributed by atoms with van der Waals surface area (Å²) in [5.41, 5.74) is -0.471. The molecule has 1 aromatic rings. The van der Waals surface area contributed by atoms with Crippen LogP contribution in [0.3, 0.4) is 0 Å². The molecule has 0 saturated carbocycles. The number of aliphatic hydroxyl groups excluding tert-OH is 1. The molecule has 2 heterocycles. The molecule has 136 valence electrons. The Hall–Kier alpha value is -1.53. The molecule has 1 aromatic heterocycles. The molecule has 0 radical (unpaired) electrons. The van der Waals surface area contributed by atoms with Crippen molar-refractivity contribution >= 4 is 6.09 Å². The molecule has 1 amide bonds. The molecular formula is C18H30N2O4. The number of hydrogen-bond acceptors (Lipinski definition) is 5. The van der Waals surface area contributed by atoms with E-state index < -0.39 is 11.7 Å². The summed E-state index contributed by atoms with van der Waals surface area (Å²) in [6.07, 6.45) is 2.69. The number of furan rings is 1. The van der Waals surface area contributed by atoms with Crippen molar-refractivity contribution in [1.82, 2.24) is 10.2 Å². The average molecular weight is 338 g/mol. The molecule has 0 spiro atoms. The minimum absolute atomic E-state index is 0.194. The maximum absolute atomic E-state index is 12.2. The average Bonchev–Trinajstić information content (AvgIpc) is 3.05. The van der Waals surface area contributed by atoms with Gasteiger partial charge in [0, 0.05) is 25.7 Å². The van der Waals surface area contributed by atoms with E-state index in [1.165, 1.54) is 0 Å². The second-order valence-electron chi connectivity index (χ2n) is 7.56. The summed E-state index contributed by atoms with van der Waals surface area (Å²) in [5.74, 6) is 0.906. The Balaban J connectivity index is 1.81. The summed E-state index contributed by atoms with van der Waals surface area (Å²) < 4.78 is 10.7. The standard InChI is InChI=1S/C18H30N2O4/c1-13(19-11-15(21)16-8-6-10-23-16)14-7-5-9-20(12-14)17(22)24-18(2,3)4/h6,8,10,13-15,19,21H,5,7,9,11-12H2,1-4H3. The third-order valence-corrected chi connectivity index (χ3v) is 4.32. The Labute approximate surface area is 144 Å². The topological polar surface area (TPSA) is 74.9 Å². The molecule has 3 atom stereocenters. The first-order chi connectivity index (χ1) is 11.3. The number of likely N-dealkylation sites (tertiary alicyclic amines) is 1. The fraction of sp³-hybridized carbons (Fsp3) is 0.722. The first-order valence-electron chi connectivity index (χ1n) is 8.69. The molecule has 1 fully saturated rings. The maximum Gasteiger partial charge on any atom is 0.410 e. The molecular weight excluding hydrogens is 308 g/mol. The lowest BCUT2D eigenvalue weighted by atomic mass is 9.91. The summed E-state index contributed by atoms with van der Waals surface area (Å²) in [4.78, 5) is 14.0. The summed E-state index contributed by atoms with van der Waals surface area (Å²) in [5, 5.41) is 13.4. The predicted octanol–water partition coefficient (Wildman–Crippen LogP) is 2.94. The highest BCUT2D eigenvalue weighted by Gasteiger charge is 2.30. The van der Waals surface area contributed by atoms with E-state index in [0.29, 0.717) is 24.8 Å². The lowest BCUT2D eigenvalue weighted by Gasteiger charge is -2.37. The summed E-state index contributed by atoms with van der Waals surface area (Å²) in [6, 6.07) is 3.73. The van der Waals surface area contributed by atoms with Crippen LogP contribution in [0.4, 0.5) is 4.79 Å². The summed E-state index contributed by atoms with van der Waals surface area (Å²) >= 11 is 0. The zero-order valence-electron chi connectivity index (χ0n) is 15.1. The van der Waals surface area contributed by atoms with Crippen LogP contribution >= 0.6 is 0 Å². The fourth-order valence-corrected chi connectivity index (χ4v) is 2.96. The number of nitrogens with one attached hydrogen (secondary N) is 1. The van der Waals surface area contributed by atoms with Crippen LogP contribution in [0.5, 0.6) is 0 Å². The van der Waals surface area contributed by atoms with Crippen molar-refractivity contribution in [3.8, 4) is 0 Å². The van der Waals surface area contributed by atoms with Gasteiger partial charge in [0.2, 0.25) is 0 Å². The van der Waals surface area contributed by atoms with Gasteiger partial charge in [-0.3, -0.25) is 0 Å². The Morgan fingerprint density at radius 2 is 2.29 bits per heavy atom. The van der Waals surface area contributed by atoms with Gasteiger partial charge in [-0.2, -0.15) is 0 Å². The first kappa shape index (κ1) is 18.8. The SMILES string of the molecule is CC(NCC(O)c1ccco1)C1CCCN(C(=O)OC(C)(C)C)C1. The molecule has 0 aliphatic carbocycles. The van der Waals surface area contributed by atoms with E-state index in [1.54, 1.807) is 23.3 Å². The predicted molar refractivity (Wildman–Crippen MR) is 91.7 cm³/mol. The van der Waals surface area contributed by atoms with Gasteiger partial charge in [0.15, 0.2) is 0 Å². The highest BCUT2D eigenvalue weighted by atomic mass is 16.6. The van der Waals surface area contributed by atoms with Crippen molar-refractivity contribution in [2.24, 2.45) is 5.92 Å². The van der Waals surface area contributed by atoms with E-state index in [9.17, 15) is 9.90 Å². The molecule has 24 heavy (non-hydrogen) atoms. The van der Waals surface area contributed by atoms with E-state index in [-0.39, 0.29) is 12.1 Å². The van der Waals surface area contributed by atoms with Gasteiger partial charge in [0.25, 0.3) is 0 Å². The number of amides is 1. The van der Waals surface area contributed by atoms with Gasteiger partial charge in [0.05, 0.1) is 6.26 Å². The van der Waals surface area contributed by atoms with E-state index >= 15 is 0 Å². The van der Waals surface area contributed by atoms with Crippen molar-refractivity contribution in [2.45, 2.75) is 58.3 Å². The smallest absolute Gasteiger partial charge is 0.410 e. The summed E-state index contributed by atoms with van der Waals surface area (Å²) in [7, 11) is 0. The van der Waals surface area contributed by atoms with Crippen LogP contribution in [0.25, 0.3) is 0 Å². The molecule has 0 aromatic carbocycles. The summed E-state index contributed by atoms with van der Waals surface area (Å²) in [6.45, 7) is 9.59. The number of hydrogen-bond donors (Lipinski definition) is 2. The van der Waals surface area contributed by atoms with Crippen LogP contribution in [-0.4, -0.2) is 47.4 Å². The maximum atomic E-state index is 12.2. The molecule has 3 unspecified atom stereocenters. The number of carbonyl (C=O) groups excluding carboxylic acids is 1.